The zero-order valence-corrected chi connectivity index (χ0v) is 9.39. The second kappa shape index (κ2) is 5.28. The van der Waals surface area contributed by atoms with Crippen LogP contribution in [0.15, 0.2) is 30.3 Å². The number of rotatable bonds is 3. The van der Waals surface area contributed by atoms with Gasteiger partial charge in [0, 0.05) is 6.61 Å². The Morgan fingerprint density at radius 1 is 1.19 bits per heavy atom. The Morgan fingerprint density at radius 3 is 2.56 bits per heavy atom. The highest BCUT2D eigenvalue weighted by Crippen LogP contribution is 2.27. The van der Waals surface area contributed by atoms with E-state index in [1.54, 1.807) is 0 Å². The van der Waals surface area contributed by atoms with Crippen molar-refractivity contribution in [3.63, 3.8) is 0 Å². The molecule has 0 aliphatic heterocycles. The van der Waals surface area contributed by atoms with Gasteiger partial charge < -0.3 is 10.2 Å². The van der Waals surface area contributed by atoms with Crippen molar-refractivity contribution in [3.8, 4) is 0 Å². The Bertz CT molecular complexity index is 365. The topological polar surface area (TPSA) is 40.5 Å². The van der Waals surface area contributed by atoms with E-state index in [0.29, 0.717) is 6.42 Å². The van der Waals surface area contributed by atoms with Crippen molar-refractivity contribution < 1.29 is 10.2 Å². The molecule has 0 saturated heterocycles. The van der Waals surface area contributed by atoms with Crippen LogP contribution >= 0.6 is 0 Å². The lowest BCUT2D eigenvalue weighted by molar-refractivity contribution is 0.206. The van der Waals surface area contributed by atoms with E-state index in [1.165, 1.54) is 11.1 Å². The van der Waals surface area contributed by atoms with Crippen LogP contribution in [0.4, 0.5) is 0 Å². The van der Waals surface area contributed by atoms with E-state index >= 15 is 0 Å². The van der Waals surface area contributed by atoms with Crippen LogP contribution < -0.4 is 0 Å². The van der Waals surface area contributed by atoms with E-state index in [-0.39, 0.29) is 12.7 Å². The monoisotopic (exact) mass is 218 g/mol. The summed E-state index contributed by atoms with van der Waals surface area (Å²) in [6.07, 6.45) is 5.39. The molecule has 1 aliphatic rings. The molecule has 0 aromatic heterocycles. The largest absolute Gasteiger partial charge is 0.396 e. The van der Waals surface area contributed by atoms with Crippen molar-refractivity contribution >= 4 is 5.57 Å². The number of benzene rings is 1. The van der Waals surface area contributed by atoms with E-state index in [4.69, 9.17) is 5.11 Å². The molecule has 0 bridgehead atoms. The maximum Gasteiger partial charge on any atom is 0.0726 e. The highest BCUT2D eigenvalue weighted by molar-refractivity contribution is 5.66. The Balaban J connectivity index is 2.15. The molecule has 0 spiro atoms. The number of aliphatic hydroxyl groups excluding tert-OH is 2. The van der Waals surface area contributed by atoms with E-state index in [9.17, 15) is 5.11 Å². The molecule has 1 aromatic rings. The molecule has 16 heavy (non-hydrogen) atoms. The molecule has 2 N–H and O–H groups in total. The summed E-state index contributed by atoms with van der Waals surface area (Å²) in [7, 11) is 0. The van der Waals surface area contributed by atoms with Gasteiger partial charge in [-0.25, -0.2) is 0 Å². The quantitative estimate of drug-likeness (QED) is 0.816. The molecule has 1 aromatic carbocycles. The molecule has 0 radical (unpaired) electrons. The first-order valence-electron chi connectivity index (χ1n) is 5.88. The van der Waals surface area contributed by atoms with Gasteiger partial charge >= 0.3 is 0 Å². The summed E-state index contributed by atoms with van der Waals surface area (Å²) in [5.74, 6) is 0. The average molecular weight is 218 g/mol. The van der Waals surface area contributed by atoms with Gasteiger partial charge in [-0.05, 0) is 42.4 Å². The predicted octanol–water partition coefficient (Wildman–Crippen LogP) is 2.15. The minimum absolute atomic E-state index is 0.195. The van der Waals surface area contributed by atoms with Crippen molar-refractivity contribution in [1.82, 2.24) is 0 Å². The van der Waals surface area contributed by atoms with E-state index in [2.05, 4.69) is 12.1 Å². The van der Waals surface area contributed by atoms with Gasteiger partial charge in [0.2, 0.25) is 0 Å². The molecule has 2 heteroatoms. The van der Waals surface area contributed by atoms with Crippen LogP contribution in [0, 0.1) is 0 Å². The number of aliphatic hydroxyl groups is 2. The molecule has 0 amide bonds. The minimum Gasteiger partial charge on any atom is -0.396 e. The maximum atomic E-state index is 9.57. The van der Waals surface area contributed by atoms with Crippen molar-refractivity contribution in [2.24, 2.45) is 0 Å². The van der Waals surface area contributed by atoms with E-state index < -0.39 is 0 Å². The molecule has 0 fully saturated rings. The van der Waals surface area contributed by atoms with Gasteiger partial charge in [-0.15, -0.1) is 0 Å². The fraction of sp³-hybridized carbons (Fsp3) is 0.429. The third kappa shape index (κ3) is 2.71. The van der Waals surface area contributed by atoms with Gasteiger partial charge in [-0.2, -0.15) is 0 Å². The predicted molar refractivity (Wildman–Crippen MR) is 65.1 cm³/mol. The Kier molecular flexibility index (Phi) is 3.75. The van der Waals surface area contributed by atoms with E-state index in [0.717, 1.165) is 24.8 Å². The van der Waals surface area contributed by atoms with Crippen molar-refractivity contribution in [2.45, 2.75) is 31.8 Å². The SMILES string of the molecule is OCCc1ccc(C2=CC(O)CCC2)cc1. The Morgan fingerprint density at radius 2 is 1.94 bits per heavy atom. The molecule has 86 valence electrons. The summed E-state index contributed by atoms with van der Waals surface area (Å²) in [5, 5.41) is 18.4. The summed E-state index contributed by atoms with van der Waals surface area (Å²) in [6.45, 7) is 0.195. The van der Waals surface area contributed by atoms with Crippen molar-refractivity contribution in [2.75, 3.05) is 6.61 Å². The van der Waals surface area contributed by atoms with Gasteiger partial charge in [0.05, 0.1) is 6.10 Å². The molecule has 1 aliphatic carbocycles. The number of hydrogen-bond acceptors (Lipinski definition) is 2. The van der Waals surface area contributed by atoms with Gasteiger partial charge in [-0.3, -0.25) is 0 Å². The fourth-order valence-corrected chi connectivity index (χ4v) is 2.16. The lowest BCUT2D eigenvalue weighted by Gasteiger charge is -2.17. The van der Waals surface area contributed by atoms with Crippen LogP contribution in [0.2, 0.25) is 0 Å². The number of hydrogen-bond donors (Lipinski definition) is 2. The first-order chi connectivity index (χ1) is 7.79. The Labute approximate surface area is 96.2 Å². The first kappa shape index (κ1) is 11.4. The van der Waals surface area contributed by atoms with Gasteiger partial charge in [-0.1, -0.05) is 30.3 Å². The molecule has 1 unspecified atom stereocenters. The summed E-state index contributed by atoms with van der Waals surface area (Å²) in [6, 6.07) is 8.25. The van der Waals surface area contributed by atoms with Crippen molar-refractivity contribution in [1.29, 1.82) is 0 Å². The zero-order valence-electron chi connectivity index (χ0n) is 9.39. The van der Waals surface area contributed by atoms with Gasteiger partial charge in [0.1, 0.15) is 0 Å². The van der Waals surface area contributed by atoms with Crippen LogP contribution in [0.3, 0.4) is 0 Å². The summed E-state index contributed by atoms with van der Waals surface area (Å²) in [4.78, 5) is 0. The maximum absolute atomic E-state index is 9.57. The molecule has 2 rings (SSSR count). The number of allylic oxidation sites excluding steroid dienone is 1. The summed E-state index contributed by atoms with van der Waals surface area (Å²) in [5.41, 5.74) is 3.60. The standard InChI is InChI=1S/C14H18O2/c15-9-8-11-4-6-12(7-5-11)13-2-1-3-14(16)10-13/h4-7,10,14-16H,1-3,8-9H2. The van der Waals surface area contributed by atoms with Crippen LogP contribution in [0.5, 0.6) is 0 Å². The lowest BCUT2D eigenvalue weighted by Crippen LogP contribution is -2.08. The lowest BCUT2D eigenvalue weighted by atomic mass is 9.92. The highest BCUT2D eigenvalue weighted by atomic mass is 16.3. The second-order valence-corrected chi connectivity index (χ2v) is 4.32. The molecule has 0 heterocycles. The third-order valence-corrected chi connectivity index (χ3v) is 3.06. The summed E-state index contributed by atoms with van der Waals surface area (Å²) < 4.78 is 0. The van der Waals surface area contributed by atoms with Gasteiger partial charge in [0.25, 0.3) is 0 Å². The Hall–Kier alpha value is -1.12. The molecule has 0 saturated carbocycles. The van der Waals surface area contributed by atoms with Crippen LogP contribution in [0.25, 0.3) is 5.57 Å². The zero-order chi connectivity index (χ0) is 11.4. The second-order valence-electron chi connectivity index (χ2n) is 4.32. The first-order valence-corrected chi connectivity index (χ1v) is 5.88. The highest BCUT2D eigenvalue weighted by Gasteiger charge is 2.11. The van der Waals surface area contributed by atoms with Crippen LogP contribution in [-0.4, -0.2) is 22.9 Å². The smallest absolute Gasteiger partial charge is 0.0726 e. The fourth-order valence-electron chi connectivity index (χ4n) is 2.16. The summed E-state index contributed by atoms with van der Waals surface area (Å²) >= 11 is 0. The normalized spacial score (nSPS) is 20.6. The van der Waals surface area contributed by atoms with Crippen LogP contribution in [-0.2, 0) is 6.42 Å². The average Bonchev–Trinajstić information content (AvgIpc) is 2.30. The molecular formula is C14H18O2. The minimum atomic E-state index is -0.277. The van der Waals surface area contributed by atoms with Gasteiger partial charge in [0.15, 0.2) is 0 Å². The molecular weight excluding hydrogens is 200 g/mol. The van der Waals surface area contributed by atoms with Crippen molar-refractivity contribution in [3.05, 3.63) is 41.5 Å². The van der Waals surface area contributed by atoms with E-state index in [1.807, 2.05) is 18.2 Å². The third-order valence-electron chi connectivity index (χ3n) is 3.06. The molecule has 1 atom stereocenters. The molecule has 2 nitrogen and oxygen atoms in total. The van der Waals surface area contributed by atoms with Crippen LogP contribution in [0.1, 0.15) is 30.4 Å².